The van der Waals surface area contributed by atoms with Gasteiger partial charge in [0.15, 0.2) is 5.96 Å². The van der Waals surface area contributed by atoms with Gasteiger partial charge in [0.1, 0.15) is 11.6 Å². The highest BCUT2D eigenvalue weighted by Crippen LogP contribution is 2.19. The molecule has 0 spiro atoms. The molecule has 1 aliphatic heterocycles. The van der Waals surface area contributed by atoms with E-state index < -0.39 is 11.6 Å². The number of hydrogen-bond acceptors (Lipinski definition) is 2. The molecule has 144 valence electrons. The molecule has 3 rings (SSSR count). The Kier molecular flexibility index (Phi) is 6.63. The predicted molar refractivity (Wildman–Crippen MR) is 106 cm³/mol. The molecule has 0 radical (unpaired) electrons. The molecule has 2 aromatic rings. The van der Waals surface area contributed by atoms with Crippen molar-refractivity contribution in [3.05, 3.63) is 65.7 Å². The number of aliphatic imine (C=N–C) groups is 1. The van der Waals surface area contributed by atoms with E-state index >= 15 is 0 Å². The topological polar surface area (TPSA) is 39.7 Å². The zero-order valence-corrected chi connectivity index (χ0v) is 15.6. The third-order valence-electron chi connectivity index (χ3n) is 4.88. The average molecular weight is 372 g/mol. The number of anilines is 1. The van der Waals surface area contributed by atoms with E-state index in [2.05, 4.69) is 44.8 Å². The molecule has 1 heterocycles. The number of para-hydroxylation sites is 1. The van der Waals surface area contributed by atoms with Gasteiger partial charge in [0.2, 0.25) is 0 Å². The van der Waals surface area contributed by atoms with Gasteiger partial charge in [0.05, 0.1) is 0 Å². The van der Waals surface area contributed by atoms with Gasteiger partial charge in [-0.1, -0.05) is 24.3 Å². The molecular weight excluding hydrogens is 346 g/mol. The third-order valence-corrected chi connectivity index (χ3v) is 4.88. The van der Waals surface area contributed by atoms with Crippen molar-refractivity contribution < 1.29 is 8.78 Å². The highest BCUT2D eigenvalue weighted by molar-refractivity contribution is 5.80. The van der Waals surface area contributed by atoms with Crippen LogP contribution in [0.4, 0.5) is 14.5 Å². The highest BCUT2D eigenvalue weighted by Gasteiger charge is 2.20. The summed E-state index contributed by atoms with van der Waals surface area (Å²) in [6.45, 7) is 2.53. The van der Waals surface area contributed by atoms with E-state index in [-0.39, 0.29) is 0 Å². The van der Waals surface area contributed by atoms with Gasteiger partial charge >= 0.3 is 0 Å². The van der Waals surface area contributed by atoms with Crippen molar-refractivity contribution in [2.45, 2.75) is 25.3 Å². The second kappa shape index (κ2) is 9.35. The van der Waals surface area contributed by atoms with Crippen LogP contribution in [0.5, 0.6) is 0 Å². The number of halogens is 2. The third kappa shape index (κ3) is 5.42. The van der Waals surface area contributed by atoms with Gasteiger partial charge in [-0.3, -0.25) is 4.99 Å². The number of benzene rings is 2. The van der Waals surface area contributed by atoms with Gasteiger partial charge in [-0.2, -0.15) is 0 Å². The summed E-state index contributed by atoms with van der Waals surface area (Å²) >= 11 is 0. The fourth-order valence-electron chi connectivity index (χ4n) is 3.35. The van der Waals surface area contributed by atoms with Crippen LogP contribution in [0.15, 0.2) is 53.5 Å². The standard InChI is InChI=1S/C21H26F2N4/c1-24-21(25-12-9-16-7-8-17(22)15-20(16)23)26-18-10-13-27(14-11-18)19-5-3-2-4-6-19/h2-8,15,18H,9-14H2,1H3,(H2,24,25,26). The average Bonchev–Trinajstić information content (AvgIpc) is 2.70. The molecule has 0 unspecified atom stereocenters. The van der Waals surface area contributed by atoms with Crippen molar-refractivity contribution in [1.82, 2.24) is 10.6 Å². The Morgan fingerprint density at radius 1 is 1.11 bits per heavy atom. The molecule has 2 N–H and O–H groups in total. The number of nitrogens with zero attached hydrogens (tertiary/aromatic N) is 2. The Morgan fingerprint density at radius 3 is 2.52 bits per heavy atom. The number of piperidine rings is 1. The molecular formula is C21H26F2N4. The monoisotopic (exact) mass is 372 g/mol. The van der Waals surface area contributed by atoms with E-state index in [4.69, 9.17) is 0 Å². The van der Waals surface area contributed by atoms with Crippen LogP contribution >= 0.6 is 0 Å². The van der Waals surface area contributed by atoms with Gasteiger partial charge in [-0.05, 0) is 43.0 Å². The lowest BCUT2D eigenvalue weighted by molar-refractivity contribution is 0.461. The van der Waals surface area contributed by atoms with E-state index in [1.807, 2.05) is 6.07 Å². The van der Waals surface area contributed by atoms with E-state index in [0.717, 1.165) is 38.0 Å². The molecule has 1 saturated heterocycles. The first-order chi connectivity index (χ1) is 13.2. The molecule has 2 aromatic carbocycles. The molecule has 1 fully saturated rings. The molecule has 6 heteroatoms. The van der Waals surface area contributed by atoms with Gasteiger partial charge in [-0.15, -0.1) is 0 Å². The van der Waals surface area contributed by atoms with Crippen molar-refractivity contribution in [3.63, 3.8) is 0 Å². The number of guanidine groups is 1. The van der Waals surface area contributed by atoms with Crippen LogP contribution in [0.3, 0.4) is 0 Å². The van der Waals surface area contributed by atoms with Crippen LogP contribution in [-0.2, 0) is 6.42 Å². The summed E-state index contributed by atoms with van der Waals surface area (Å²) < 4.78 is 26.6. The van der Waals surface area contributed by atoms with E-state index in [1.165, 1.54) is 17.8 Å². The van der Waals surface area contributed by atoms with E-state index in [9.17, 15) is 8.78 Å². The van der Waals surface area contributed by atoms with Gasteiger partial charge in [0, 0.05) is 44.5 Å². The summed E-state index contributed by atoms with van der Waals surface area (Å²) in [6.07, 6.45) is 2.53. The summed E-state index contributed by atoms with van der Waals surface area (Å²) in [5, 5.41) is 6.66. The van der Waals surface area contributed by atoms with Gasteiger partial charge in [-0.25, -0.2) is 8.78 Å². The van der Waals surface area contributed by atoms with Crippen molar-refractivity contribution >= 4 is 11.6 Å². The van der Waals surface area contributed by atoms with E-state index in [0.29, 0.717) is 24.6 Å². The first-order valence-corrected chi connectivity index (χ1v) is 9.37. The van der Waals surface area contributed by atoms with Crippen LogP contribution in [0, 0.1) is 11.6 Å². The maximum absolute atomic E-state index is 13.7. The normalized spacial score (nSPS) is 15.7. The molecule has 27 heavy (non-hydrogen) atoms. The summed E-state index contributed by atoms with van der Waals surface area (Å²) in [5.74, 6) is -0.341. The van der Waals surface area contributed by atoms with Crippen LogP contribution in [0.25, 0.3) is 0 Å². The summed E-state index contributed by atoms with van der Waals surface area (Å²) in [7, 11) is 1.73. The number of hydrogen-bond donors (Lipinski definition) is 2. The Labute approximate surface area is 159 Å². The van der Waals surface area contributed by atoms with Gasteiger partial charge in [0.25, 0.3) is 0 Å². The summed E-state index contributed by atoms with van der Waals surface area (Å²) in [5.41, 5.74) is 1.76. The first-order valence-electron chi connectivity index (χ1n) is 9.37. The van der Waals surface area contributed by atoms with E-state index in [1.54, 1.807) is 7.05 Å². The maximum Gasteiger partial charge on any atom is 0.191 e. The lowest BCUT2D eigenvalue weighted by Crippen LogP contribution is -2.49. The molecule has 0 bridgehead atoms. The van der Waals surface area contributed by atoms with Crippen molar-refractivity contribution in [2.24, 2.45) is 4.99 Å². The van der Waals surface area contributed by atoms with Crippen LogP contribution in [0.1, 0.15) is 18.4 Å². The lowest BCUT2D eigenvalue weighted by Gasteiger charge is -2.34. The fraction of sp³-hybridized carbons (Fsp3) is 0.381. The summed E-state index contributed by atoms with van der Waals surface area (Å²) in [4.78, 5) is 6.65. The first kappa shape index (κ1) is 19.1. The van der Waals surface area contributed by atoms with Crippen LogP contribution in [-0.4, -0.2) is 38.7 Å². The second-order valence-corrected chi connectivity index (χ2v) is 6.73. The van der Waals surface area contributed by atoms with Gasteiger partial charge < -0.3 is 15.5 Å². The highest BCUT2D eigenvalue weighted by atomic mass is 19.1. The minimum atomic E-state index is -0.552. The smallest absolute Gasteiger partial charge is 0.191 e. The fourth-order valence-corrected chi connectivity index (χ4v) is 3.35. The SMILES string of the molecule is CN=C(NCCc1ccc(F)cc1F)NC1CCN(c2ccccc2)CC1. The molecule has 0 saturated carbocycles. The Bertz CT molecular complexity index is 756. The minimum Gasteiger partial charge on any atom is -0.371 e. The van der Waals surface area contributed by atoms with Crippen molar-refractivity contribution in [3.8, 4) is 0 Å². The lowest BCUT2D eigenvalue weighted by atomic mass is 10.0. The maximum atomic E-state index is 13.7. The largest absolute Gasteiger partial charge is 0.371 e. The molecule has 0 aromatic heterocycles. The molecule has 0 aliphatic carbocycles. The van der Waals surface area contributed by atoms with Crippen LogP contribution in [0.2, 0.25) is 0 Å². The van der Waals surface area contributed by atoms with Crippen LogP contribution < -0.4 is 15.5 Å². The van der Waals surface area contributed by atoms with Crippen molar-refractivity contribution in [2.75, 3.05) is 31.6 Å². The number of nitrogens with one attached hydrogen (secondary N) is 2. The zero-order valence-electron chi connectivity index (χ0n) is 15.6. The zero-order chi connectivity index (χ0) is 19.1. The second-order valence-electron chi connectivity index (χ2n) is 6.73. The predicted octanol–water partition coefficient (Wildman–Crippen LogP) is 3.34. The minimum absolute atomic E-state index is 0.360. The summed E-state index contributed by atoms with van der Waals surface area (Å²) in [6, 6.07) is 14.5. The Hall–Kier alpha value is -2.63. The Morgan fingerprint density at radius 2 is 1.85 bits per heavy atom. The molecule has 0 atom stereocenters. The molecule has 1 aliphatic rings. The molecule has 0 amide bonds. The number of rotatable bonds is 5. The quantitative estimate of drug-likeness (QED) is 0.625. The molecule has 4 nitrogen and oxygen atoms in total. The Balaban J connectivity index is 1.43. The van der Waals surface area contributed by atoms with Crippen molar-refractivity contribution in [1.29, 1.82) is 0 Å².